The molecule has 3 N–H and O–H groups in total. The smallest absolute Gasteiger partial charge is 0.273 e. The van der Waals surface area contributed by atoms with Crippen LogP contribution in [0.2, 0.25) is 0 Å². The van der Waals surface area contributed by atoms with Gasteiger partial charge in [-0.25, -0.2) is 4.98 Å². The molecule has 2 atom stereocenters. The molecule has 6 rings (SSSR count). The minimum absolute atomic E-state index is 0.0863. The average molecular weight is 386 g/mol. The number of aryl methyl sites for hydroxylation is 1. The Morgan fingerprint density at radius 2 is 2.04 bits per heavy atom. The second kappa shape index (κ2) is 5.89. The van der Waals surface area contributed by atoms with Gasteiger partial charge in [0.1, 0.15) is 5.69 Å². The molecule has 0 saturated heterocycles. The fraction of sp³-hybridized carbons (Fsp3) is 0.579. The van der Waals surface area contributed by atoms with Gasteiger partial charge < -0.3 is 15.6 Å². The average Bonchev–Trinajstić information content (AvgIpc) is 3.26. The number of rotatable bonds is 4. The highest BCUT2D eigenvalue weighted by molar-refractivity contribution is 7.09. The van der Waals surface area contributed by atoms with Crippen molar-refractivity contribution in [2.45, 2.75) is 45.1 Å². The largest absolute Gasteiger partial charge is 0.369 e. The van der Waals surface area contributed by atoms with Crippen LogP contribution < -0.4 is 11.1 Å². The molecule has 4 bridgehead atoms. The lowest BCUT2D eigenvalue weighted by Crippen LogP contribution is -2.62. The van der Waals surface area contributed by atoms with Gasteiger partial charge >= 0.3 is 0 Å². The zero-order chi connectivity index (χ0) is 18.8. The number of thiazole rings is 1. The van der Waals surface area contributed by atoms with E-state index >= 15 is 0 Å². The molecule has 0 spiro atoms. The quantitative estimate of drug-likeness (QED) is 0.839. The lowest BCUT2D eigenvalue weighted by atomic mass is 9.47. The summed E-state index contributed by atoms with van der Waals surface area (Å²) in [7, 11) is 0. The van der Waals surface area contributed by atoms with Gasteiger partial charge in [0.2, 0.25) is 5.91 Å². The third kappa shape index (κ3) is 2.69. The third-order valence-corrected chi connectivity index (χ3v) is 7.48. The maximum absolute atomic E-state index is 12.8. The first-order valence-corrected chi connectivity index (χ1v) is 10.3. The highest BCUT2D eigenvalue weighted by Gasteiger charge is 2.58. The van der Waals surface area contributed by atoms with Crippen LogP contribution in [0.4, 0.5) is 0 Å². The number of nitrogens with one attached hydrogen (secondary N) is 1. The molecule has 2 aromatic rings. The van der Waals surface area contributed by atoms with Crippen molar-refractivity contribution in [2.24, 2.45) is 28.9 Å². The molecule has 4 saturated carbocycles. The first-order valence-electron chi connectivity index (χ1n) is 9.43. The van der Waals surface area contributed by atoms with Crippen LogP contribution in [0.25, 0.3) is 11.5 Å². The molecule has 0 radical (unpaired) electrons. The first-order chi connectivity index (χ1) is 12.9. The lowest BCUT2D eigenvalue weighted by Gasteiger charge is -2.58. The van der Waals surface area contributed by atoms with E-state index in [1.54, 1.807) is 6.07 Å². The predicted molar refractivity (Wildman–Crippen MR) is 98.8 cm³/mol. The molecular weight excluding hydrogens is 364 g/mol. The summed E-state index contributed by atoms with van der Waals surface area (Å²) < 4.78 is 5.31. The summed E-state index contributed by atoms with van der Waals surface area (Å²) in [5.74, 6) is 1.33. The Hall–Kier alpha value is -2.22. The fourth-order valence-electron chi connectivity index (χ4n) is 5.77. The number of nitrogens with zero attached hydrogens (tertiary/aromatic N) is 2. The van der Waals surface area contributed by atoms with Crippen LogP contribution in [0.15, 0.2) is 16.0 Å². The molecule has 2 heterocycles. The summed E-state index contributed by atoms with van der Waals surface area (Å²) in [4.78, 5) is 29.2. The van der Waals surface area contributed by atoms with E-state index in [0.717, 1.165) is 37.1 Å². The van der Waals surface area contributed by atoms with Crippen LogP contribution in [0.1, 0.15) is 47.6 Å². The summed E-state index contributed by atoms with van der Waals surface area (Å²) in [6, 6.07) is 1.73. The molecule has 4 fully saturated rings. The van der Waals surface area contributed by atoms with E-state index in [4.69, 9.17) is 10.3 Å². The summed E-state index contributed by atoms with van der Waals surface area (Å²) in [6.07, 6.45) is 4.65. The van der Waals surface area contributed by atoms with Gasteiger partial charge in [-0.05, 0) is 56.8 Å². The highest BCUT2D eigenvalue weighted by atomic mass is 32.1. The van der Waals surface area contributed by atoms with E-state index in [-0.39, 0.29) is 29.0 Å². The highest BCUT2D eigenvalue weighted by Crippen LogP contribution is 2.59. The number of hydrogen-bond donors (Lipinski definition) is 2. The maximum atomic E-state index is 12.8. The predicted octanol–water partition coefficient (Wildman–Crippen LogP) is 2.52. The Bertz CT molecular complexity index is 904. The Balaban J connectivity index is 1.32. The summed E-state index contributed by atoms with van der Waals surface area (Å²) >= 11 is 1.53. The van der Waals surface area contributed by atoms with Gasteiger partial charge in [-0.1, -0.05) is 5.16 Å². The van der Waals surface area contributed by atoms with Gasteiger partial charge in [-0.2, -0.15) is 0 Å². The van der Waals surface area contributed by atoms with Crippen molar-refractivity contribution in [1.82, 2.24) is 15.5 Å². The number of primary amides is 1. The van der Waals surface area contributed by atoms with Crippen LogP contribution in [-0.4, -0.2) is 28.0 Å². The number of carbonyl (C=O) groups excluding carboxylic acids is 2. The van der Waals surface area contributed by atoms with E-state index in [1.165, 1.54) is 11.3 Å². The Kier molecular flexibility index (Phi) is 3.69. The maximum Gasteiger partial charge on any atom is 0.273 e. The van der Waals surface area contributed by atoms with Crippen molar-refractivity contribution >= 4 is 23.2 Å². The number of carbonyl (C=O) groups is 2. The first kappa shape index (κ1) is 16.9. The van der Waals surface area contributed by atoms with Crippen LogP contribution in [0.3, 0.4) is 0 Å². The fourth-order valence-corrected chi connectivity index (χ4v) is 6.37. The topological polar surface area (TPSA) is 111 Å². The van der Waals surface area contributed by atoms with Crippen molar-refractivity contribution < 1.29 is 14.1 Å². The molecule has 2 unspecified atom stereocenters. The van der Waals surface area contributed by atoms with Crippen molar-refractivity contribution in [3.8, 4) is 11.5 Å². The summed E-state index contributed by atoms with van der Waals surface area (Å²) in [5.41, 5.74) is 6.36. The third-order valence-electron chi connectivity index (χ3n) is 6.71. The van der Waals surface area contributed by atoms with Gasteiger partial charge in [0.15, 0.2) is 11.5 Å². The van der Waals surface area contributed by atoms with Crippen molar-refractivity contribution in [1.29, 1.82) is 0 Å². The van der Waals surface area contributed by atoms with Crippen molar-refractivity contribution in [3.05, 3.63) is 22.1 Å². The normalized spacial score (nSPS) is 34.0. The Labute approximate surface area is 160 Å². The van der Waals surface area contributed by atoms with Crippen LogP contribution in [0, 0.1) is 30.1 Å². The second-order valence-corrected chi connectivity index (χ2v) is 9.50. The van der Waals surface area contributed by atoms with Gasteiger partial charge in [0.25, 0.3) is 5.91 Å². The standard InChI is InChI=1S/C19H22N4O3S/c1-9-21-14(8-27-9)15-4-13(23-26-15)17(24)22-16-11-2-10-3-12(16)7-19(5-10,6-11)18(20)25/h4,8,10-12,16H,2-3,5-7H2,1H3,(H2,20,25)(H,22,24). The molecule has 2 aromatic heterocycles. The molecule has 4 aliphatic carbocycles. The zero-order valence-corrected chi connectivity index (χ0v) is 15.9. The van der Waals surface area contributed by atoms with Gasteiger partial charge in [-0.15, -0.1) is 11.3 Å². The second-order valence-electron chi connectivity index (χ2n) is 8.44. The number of aromatic nitrogens is 2. The van der Waals surface area contributed by atoms with Crippen LogP contribution >= 0.6 is 11.3 Å². The van der Waals surface area contributed by atoms with Crippen molar-refractivity contribution in [3.63, 3.8) is 0 Å². The minimum atomic E-state index is -0.346. The van der Waals surface area contributed by atoms with E-state index in [9.17, 15) is 9.59 Å². The Morgan fingerprint density at radius 3 is 2.67 bits per heavy atom. The summed E-state index contributed by atoms with van der Waals surface area (Å²) in [6.45, 7) is 1.92. The van der Waals surface area contributed by atoms with Gasteiger partial charge in [0.05, 0.1) is 5.01 Å². The molecule has 8 heteroatoms. The van der Waals surface area contributed by atoms with E-state index < -0.39 is 0 Å². The van der Waals surface area contributed by atoms with Crippen molar-refractivity contribution in [2.75, 3.05) is 0 Å². The SMILES string of the molecule is Cc1nc(-c2cc(C(=O)NC3C4CC5CC3CC(C(N)=O)(C5)C4)no2)cs1. The molecule has 0 aliphatic heterocycles. The molecule has 4 aliphatic rings. The minimum Gasteiger partial charge on any atom is -0.369 e. The number of nitrogens with two attached hydrogens (primary N) is 1. The monoisotopic (exact) mass is 386 g/mol. The number of hydrogen-bond acceptors (Lipinski definition) is 6. The lowest BCUT2D eigenvalue weighted by molar-refractivity contribution is -0.145. The molecule has 7 nitrogen and oxygen atoms in total. The van der Waals surface area contributed by atoms with Crippen LogP contribution in [0.5, 0.6) is 0 Å². The molecular formula is C19H22N4O3S. The zero-order valence-electron chi connectivity index (χ0n) is 15.1. The Morgan fingerprint density at radius 1 is 1.30 bits per heavy atom. The van der Waals surface area contributed by atoms with E-state index in [1.807, 2.05) is 12.3 Å². The molecule has 142 valence electrons. The molecule has 27 heavy (non-hydrogen) atoms. The summed E-state index contributed by atoms with van der Waals surface area (Å²) in [5, 5.41) is 9.93. The van der Waals surface area contributed by atoms with E-state index in [0.29, 0.717) is 29.2 Å². The van der Waals surface area contributed by atoms with E-state index in [2.05, 4.69) is 15.5 Å². The van der Waals surface area contributed by atoms with Crippen LogP contribution in [-0.2, 0) is 4.79 Å². The van der Waals surface area contributed by atoms with Gasteiger partial charge in [-0.3, -0.25) is 9.59 Å². The molecule has 2 amide bonds. The van der Waals surface area contributed by atoms with Gasteiger partial charge in [0, 0.05) is 22.9 Å². The number of amides is 2. The molecule has 0 aromatic carbocycles.